The Kier molecular flexibility index (Phi) is 5.53. The van der Waals surface area contributed by atoms with E-state index in [1.807, 2.05) is 59.3 Å². The first kappa shape index (κ1) is 19.5. The molecule has 4 rings (SSSR count). The fraction of sp³-hybridized carbons (Fsp3) is 0.391. The minimum Gasteiger partial charge on any atom is -0.337 e. The number of likely N-dealkylation sites (tertiary alicyclic amines) is 2. The average molecular weight is 393 g/mol. The first-order chi connectivity index (χ1) is 14.0. The molecule has 2 fully saturated rings. The number of hydrogen-bond acceptors (Lipinski definition) is 3. The lowest BCUT2D eigenvalue weighted by atomic mass is 10.0. The Balaban J connectivity index is 1.37. The van der Waals surface area contributed by atoms with Crippen molar-refractivity contribution in [3.63, 3.8) is 0 Å². The van der Waals surface area contributed by atoms with Gasteiger partial charge in [0, 0.05) is 44.8 Å². The molecule has 3 amide bonds. The summed E-state index contributed by atoms with van der Waals surface area (Å²) >= 11 is 0. The summed E-state index contributed by atoms with van der Waals surface area (Å²) in [5, 5.41) is 0. The molecule has 2 heterocycles. The van der Waals surface area contributed by atoms with E-state index in [0.29, 0.717) is 25.2 Å². The molecule has 2 aromatic rings. The van der Waals surface area contributed by atoms with E-state index in [0.717, 1.165) is 30.5 Å². The van der Waals surface area contributed by atoms with Gasteiger partial charge in [-0.2, -0.15) is 0 Å². The lowest BCUT2D eigenvalue weighted by molar-refractivity contribution is 0.0735. The minimum absolute atomic E-state index is 0.00731. The Morgan fingerprint density at radius 3 is 2.17 bits per heavy atom. The number of likely N-dealkylation sites (N-methyl/N-ethyl adjacent to an activating group) is 1. The maximum Gasteiger partial charge on any atom is 0.320 e. The second kappa shape index (κ2) is 8.25. The molecule has 2 atom stereocenters. The van der Waals surface area contributed by atoms with Gasteiger partial charge in [0.2, 0.25) is 0 Å². The summed E-state index contributed by atoms with van der Waals surface area (Å²) in [6, 6.07) is 18.0. The molecule has 2 aromatic carbocycles. The lowest BCUT2D eigenvalue weighted by Crippen LogP contribution is -2.44. The molecule has 152 valence electrons. The summed E-state index contributed by atoms with van der Waals surface area (Å²) < 4.78 is 0. The van der Waals surface area contributed by atoms with Gasteiger partial charge < -0.3 is 20.4 Å². The normalized spacial score (nSPS) is 21.4. The van der Waals surface area contributed by atoms with Gasteiger partial charge in [0.1, 0.15) is 0 Å². The molecule has 29 heavy (non-hydrogen) atoms. The molecule has 6 nitrogen and oxygen atoms in total. The first-order valence-corrected chi connectivity index (χ1v) is 10.2. The maximum absolute atomic E-state index is 13.0. The summed E-state index contributed by atoms with van der Waals surface area (Å²) in [5.74, 6) is -0.00731. The number of nitrogens with two attached hydrogens (primary N) is 1. The molecular weight excluding hydrogens is 364 g/mol. The average Bonchev–Trinajstić information content (AvgIpc) is 3.42. The second-order valence-electron chi connectivity index (χ2n) is 8.03. The zero-order valence-electron chi connectivity index (χ0n) is 16.8. The molecule has 0 bridgehead atoms. The Bertz CT molecular complexity index is 868. The van der Waals surface area contributed by atoms with E-state index < -0.39 is 0 Å². The van der Waals surface area contributed by atoms with Gasteiger partial charge in [-0.15, -0.1) is 0 Å². The molecule has 2 N–H and O–H groups in total. The zero-order chi connectivity index (χ0) is 20.4. The van der Waals surface area contributed by atoms with E-state index in [2.05, 4.69) is 12.1 Å². The Labute approximate surface area is 171 Å². The van der Waals surface area contributed by atoms with Gasteiger partial charge in [-0.25, -0.2) is 4.79 Å². The standard InChI is InChI=1S/C23H28N4O2/c1-25(21-12-14-27(16-21)23(29)26-13-11-20(24)15-26)22(28)19-9-7-18(8-10-19)17-5-3-2-4-6-17/h2-10,20-21H,11-16,24H2,1H3. The third-order valence-corrected chi connectivity index (χ3v) is 6.04. The Morgan fingerprint density at radius 1 is 0.897 bits per heavy atom. The summed E-state index contributed by atoms with van der Waals surface area (Å²) in [5.41, 5.74) is 8.81. The van der Waals surface area contributed by atoms with Crippen LogP contribution in [0.5, 0.6) is 0 Å². The summed E-state index contributed by atoms with van der Waals surface area (Å²) in [6.07, 6.45) is 1.66. The van der Waals surface area contributed by atoms with Crippen LogP contribution in [-0.4, -0.2) is 71.9 Å². The zero-order valence-corrected chi connectivity index (χ0v) is 16.8. The Morgan fingerprint density at radius 2 is 1.52 bits per heavy atom. The van der Waals surface area contributed by atoms with Crippen LogP contribution >= 0.6 is 0 Å². The highest BCUT2D eigenvalue weighted by Gasteiger charge is 2.35. The monoisotopic (exact) mass is 392 g/mol. The molecular formula is C23H28N4O2. The van der Waals surface area contributed by atoms with Gasteiger partial charge in [0.25, 0.3) is 5.91 Å². The SMILES string of the molecule is CN(C(=O)c1ccc(-c2ccccc2)cc1)C1CCN(C(=O)N2CCC(N)C2)C1. The van der Waals surface area contributed by atoms with E-state index in [4.69, 9.17) is 5.73 Å². The summed E-state index contributed by atoms with van der Waals surface area (Å²) in [4.78, 5) is 31.1. The van der Waals surface area contributed by atoms with Crippen LogP contribution in [0.25, 0.3) is 11.1 Å². The third-order valence-electron chi connectivity index (χ3n) is 6.04. The highest BCUT2D eigenvalue weighted by atomic mass is 16.2. The number of benzene rings is 2. The van der Waals surface area contributed by atoms with E-state index in [-0.39, 0.29) is 24.0 Å². The molecule has 0 aliphatic carbocycles. The molecule has 0 saturated carbocycles. The number of rotatable bonds is 3. The number of amides is 3. The first-order valence-electron chi connectivity index (χ1n) is 10.2. The lowest BCUT2D eigenvalue weighted by Gasteiger charge is -2.27. The molecule has 2 unspecified atom stereocenters. The molecule has 0 radical (unpaired) electrons. The van der Waals surface area contributed by atoms with Crippen molar-refractivity contribution in [1.29, 1.82) is 0 Å². The highest BCUT2D eigenvalue weighted by Crippen LogP contribution is 2.22. The van der Waals surface area contributed by atoms with Crippen LogP contribution in [0.1, 0.15) is 23.2 Å². The molecule has 6 heteroatoms. The molecule has 2 saturated heterocycles. The van der Waals surface area contributed by atoms with Gasteiger partial charge in [-0.05, 0) is 36.1 Å². The predicted molar refractivity (Wildman–Crippen MR) is 114 cm³/mol. The topological polar surface area (TPSA) is 69.9 Å². The second-order valence-corrected chi connectivity index (χ2v) is 8.03. The van der Waals surface area contributed by atoms with Crippen LogP contribution in [0, 0.1) is 0 Å². The van der Waals surface area contributed by atoms with Crippen molar-refractivity contribution in [3.05, 3.63) is 60.2 Å². The number of carbonyl (C=O) groups is 2. The van der Waals surface area contributed by atoms with Crippen LogP contribution < -0.4 is 5.73 Å². The van der Waals surface area contributed by atoms with Gasteiger partial charge in [-0.1, -0.05) is 42.5 Å². The number of carbonyl (C=O) groups excluding carboxylic acids is 2. The van der Waals surface area contributed by atoms with Crippen molar-refractivity contribution in [3.8, 4) is 11.1 Å². The van der Waals surface area contributed by atoms with Gasteiger partial charge in [-0.3, -0.25) is 4.79 Å². The quantitative estimate of drug-likeness (QED) is 0.873. The van der Waals surface area contributed by atoms with Gasteiger partial charge >= 0.3 is 6.03 Å². The predicted octanol–water partition coefficient (Wildman–Crippen LogP) is 2.65. The summed E-state index contributed by atoms with van der Waals surface area (Å²) in [7, 11) is 1.83. The van der Waals surface area contributed by atoms with Crippen molar-refractivity contribution in [2.75, 3.05) is 33.2 Å². The molecule has 2 aliphatic heterocycles. The number of hydrogen-bond donors (Lipinski definition) is 1. The van der Waals surface area contributed by atoms with Crippen LogP contribution in [0.3, 0.4) is 0 Å². The van der Waals surface area contributed by atoms with Crippen molar-refractivity contribution in [2.45, 2.75) is 24.9 Å². The third kappa shape index (κ3) is 4.12. The highest BCUT2D eigenvalue weighted by molar-refractivity contribution is 5.94. The minimum atomic E-state index is -0.00731. The fourth-order valence-corrected chi connectivity index (χ4v) is 4.20. The van der Waals surface area contributed by atoms with Crippen molar-refractivity contribution in [1.82, 2.24) is 14.7 Å². The fourth-order valence-electron chi connectivity index (χ4n) is 4.20. The molecule has 0 spiro atoms. The smallest absolute Gasteiger partial charge is 0.320 e. The van der Waals surface area contributed by atoms with Gasteiger partial charge in [0.15, 0.2) is 0 Å². The van der Waals surface area contributed by atoms with E-state index in [1.165, 1.54) is 0 Å². The van der Waals surface area contributed by atoms with Crippen molar-refractivity contribution in [2.24, 2.45) is 5.73 Å². The van der Waals surface area contributed by atoms with Crippen LogP contribution in [0.2, 0.25) is 0 Å². The summed E-state index contributed by atoms with van der Waals surface area (Å²) in [6.45, 7) is 2.61. The van der Waals surface area contributed by atoms with E-state index in [9.17, 15) is 9.59 Å². The van der Waals surface area contributed by atoms with Crippen LogP contribution in [0.4, 0.5) is 4.79 Å². The van der Waals surface area contributed by atoms with Gasteiger partial charge in [0.05, 0.1) is 6.04 Å². The van der Waals surface area contributed by atoms with E-state index in [1.54, 1.807) is 4.90 Å². The van der Waals surface area contributed by atoms with E-state index >= 15 is 0 Å². The Hall–Kier alpha value is -2.86. The number of urea groups is 1. The molecule has 2 aliphatic rings. The van der Waals surface area contributed by atoms with Crippen LogP contribution in [-0.2, 0) is 0 Å². The maximum atomic E-state index is 13.0. The molecule has 0 aromatic heterocycles. The number of nitrogens with zero attached hydrogens (tertiary/aromatic N) is 3. The van der Waals surface area contributed by atoms with Crippen molar-refractivity contribution < 1.29 is 9.59 Å². The van der Waals surface area contributed by atoms with Crippen molar-refractivity contribution >= 4 is 11.9 Å². The largest absolute Gasteiger partial charge is 0.337 e. The van der Waals surface area contributed by atoms with Crippen LogP contribution in [0.15, 0.2) is 54.6 Å².